The third-order valence-electron chi connectivity index (χ3n) is 7.18. The van der Waals surface area contributed by atoms with Gasteiger partial charge in [0.15, 0.2) is 0 Å². The molecule has 7 heteroatoms. The molecule has 2 aromatic carbocycles. The van der Waals surface area contributed by atoms with Gasteiger partial charge in [0.25, 0.3) is 11.7 Å². The summed E-state index contributed by atoms with van der Waals surface area (Å²) < 4.78 is 7.73. The lowest BCUT2D eigenvalue weighted by molar-refractivity contribution is -0.139. The Labute approximate surface area is 217 Å². The number of ether oxygens (including phenoxy) is 1. The highest BCUT2D eigenvalue weighted by molar-refractivity contribution is 6.46. The Morgan fingerprint density at radius 3 is 2.54 bits per heavy atom. The number of fused-ring (bicyclic) bond motifs is 1. The van der Waals surface area contributed by atoms with Gasteiger partial charge in [-0.15, -0.1) is 0 Å². The van der Waals surface area contributed by atoms with E-state index >= 15 is 0 Å². The van der Waals surface area contributed by atoms with Gasteiger partial charge in [0.2, 0.25) is 0 Å². The fraction of sp³-hybridized carbons (Fsp3) is 0.367. The maximum Gasteiger partial charge on any atom is 0.295 e. The summed E-state index contributed by atoms with van der Waals surface area (Å²) in [6, 6.07) is 12.8. The summed E-state index contributed by atoms with van der Waals surface area (Å²) in [5, 5.41) is 11.4. The molecule has 3 heterocycles. The number of rotatable bonds is 6. The van der Waals surface area contributed by atoms with Gasteiger partial charge in [-0.3, -0.25) is 9.59 Å². The largest absolute Gasteiger partial charge is 0.507 e. The molecule has 1 saturated heterocycles. The summed E-state index contributed by atoms with van der Waals surface area (Å²) in [5.74, 6) is -0.605. The number of aliphatic hydroxyl groups excluding tert-OH is 1. The minimum atomic E-state index is -0.666. The smallest absolute Gasteiger partial charge is 0.295 e. The first-order chi connectivity index (χ1) is 17.6. The third-order valence-corrected chi connectivity index (χ3v) is 7.18. The molecule has 2 unspecified atom stereocenters. The fourth-order valence-electron chi connectivity index (χ4n) is 5.19. The molecule has 0 saturated carbocycles. The average Bonchev–Trinajstić information content (AvgIpc) is 3.57. The molecule has 37 heavy (non-hydrogen) atoms. The molecule has 2 aliphatic heterocycles. The molecule has 5 rings (SSSR count). The molecule has 1 N–H and O–H groups in total. The summed E-state index contributed by atoms with van der Waals surface area (Å²) in [7, 11) is 0. The van der Waals surface area contributed by atoms with E-state index in [1.807, 2.05) is 54.1 Å². The summed E-state index contributed by atoms with van der Waals surface area (Å²) in [6.45, 7) is 9.46. The Morgan fingerprint density at radius 1 is 1.11 bits per heavy atom. The number of aliphatic hydroxyl groups is 1. The zero-order valence-corrected chi connectivity index (χ0v) is 21.8. The lowest BCUT2D eigenvalue weighted by Crippen LogP contribution is -2.31. The first-order valence-corrected chi connectivity index (χ1v) is 12.8. The quantitative estimate of drug-likeness (QED) is 0.293. The van der Waals surface area contributed by atoms with Crippen LogP contribution in [0.1, 0.15) is 62.4 Å². The number of benzene rings is 2. The molecular formula is C30H33N3O4. The van der Waals surface area contributed by atoms with Gasteiger partial charge in [0, 0.05) is 37.5 Å². The van der Waals surface area contributed by atoms with E-state index in [2.05, 4.69) is 25.8 Å². The number of carbonyl (C=O) groups excluding carboxylic acids is 2. The number of imidazole rings is 1. The average molecular weight is 500 g/mol. The van der Waals surface area contributed by atoms with E-state index in [-0.39, 0.29) is 22.9 Å². The van der Waals surface area contributed by atoms with Crippen LogP contribution in [0.4, 0.5) is 0 Å². The van der Waals surface area contributed by atoms with Gasteiger partial charge in [-0.25, -0.2) is 4.98 Å². The van der Waals surface area contributed by atoms with E-state index in [0.717, 1.165) is 28.9 Å². The van der Waals surface area contributed by atoms with Gasteiger partial charge in [-0.05, 0) is 53.6 Å². The normalized spacial score (nSPS) is 20.8. The molecule has 3 aromatic rings. The summed E-state index contributed by atoms with van der Waals surface area (Å²) in [5.41, 5.74) is 3.55. The summed E-state index contributed by atoms with van der Waals surface area (Å²) in [6.07, 6.45) is 6.76. The molecule has 1 fully saturated rings. The number of likely N-dealkylation sites (tertiary alicyclic amines) is 1. The molecule has 192 valence electrons. The van der Waals surface area contributed by atoms with Crippen molar-refractivity contribution in [2.24, 2.45) is 0 Å². The number of hydrogen-bond donors (Lipinski definition) is 1. The van der Waals surface area contributed by atoms with Gasteiger partial charge in [0.05, 0.1) is 17.9 Å². The highest BCUT2D eigenvalue weighted by Gasteiger charge is 2.46. The van der Waals surface area contributed by atoms with Crippen LogP contribution in [0, 0.1) is 0 Å². The van der Waals surface area contributed by atoms with E-state index in [4.69, 9.17) is 4.74 Å². The zero-order chi connectivity index (χ0) is 26.3. The molecule has 0 spiro atoms. The predicted molar refractivity (Wildman–Crippen MR) is 141 cm³/mol. The lowest BCUT2D eigenvalue weighted by atomic mass is 9.85. The maximum atomic E-state index is 13.4. The van der Waals surface area contributed by atoms with Crippen LogP contribution in [0.15, 0.2) is 66.8 Å². The van der Waals surface area contributed by atoms with Crippen LogP contribution < -0.4 is 4.74 Å². The van der Waals surface area contributed by atoms with Crippen LogP contribution in [0.25, 0.3) is 5.76 Å². The van der Waals surface area contributed by atoms with Crippen molar-refractivity contribution >= 4 is 17.4 Å². The highest BCUT2D eigenvalue weighted by Crippen LogP contribution is 2.41. The standard InChI is InChI=1S/C30H33N3O4/c1-19-16-22-17-21(8-11-24(22)37-19)27(34)25-26(20-6-9-23(10-7-20)30(2,3)4)33(29(36)28(25)35)14-5-13-32-15-12-31-18-32/h6-12,15,17-19,26,34H,5,13-14,16H2,1-4H3/b27-25-. The fourth-order valence-corrected chi connectivity index (χ4v) is 5.19. The van der Waals surface area contributed by atoms with Crippen LogP contribution in [-0.4, -0.2) is 43.9 Å². The molecule has 2 atom stereocenters. The number of hydrogen-bond acceptors (Lipinski definition) is 5. The lowest BCUT2D eigenvalue weighted by Gasteiger charge is -2.26. The molecule has 0 radical (unpaired) electrons. The number of Topliss-reactive ketones (excluding diaryl/α,β-unsaturated/α-hetero) is 1. The Kier molecular flexibility index (Phi) is 6.40. The van der Waals surface area contributed by atoms with Crippen molar-refractivity contribution in [2.75, 3.05) is 6.54 Å². The second kappa shape index (κ2) is 9.54. The number of aryl methyl sites for hydroxylation is 1. The topological polar surface area (TPSA) is 84.7 Å². The number of carbonyl (C=O) groups is 2. The minimum Gasteiger partial charge on any atom is -0.507 e. The van der Waals surface area contributed by atoms with Crippen molar-refractivity contribution in [1.29, 1.82) is 0 Å². The Balaban J connectivity index is 1.54. The number of nitrogens with zero attached hydrogens (tertiary/aromatic N) is 3. The molecule has 2 aliphatic rings. The van der Waals surface area contributed by atoms with E-state index in [1.54, 1.807) is 23.5 Å². The first-order valence-electron chi connectivity index (χ1n) is 12.8. The summed E-state index contributed by atoms with van der Waals surface area (Å²) >= 11 is 0. The van der Waals surface area contributed by atoms with Crippen LogP contribution in [0.5, 0.6) is 5.75 Å². The van der Waals surface area contributed by atoms with Gasteiger partial charge >= 0.3 is 0 Å². The molecule has 1 aromatic heterocycles. The van der Waals surface area contributed by atoms with Gasteiger partial charge in [0.1, 0.15) is 17.6 Å². The van der Waals surface area contributed by atoms with Crippen LogP contribution >= 0.6 is 0 Å². The van der Waals surface area contributed by atoms with Crippen molar-refractivity contribution < 1.29 is 19.4 Å². The van der Waals surface area contributed by atoms with Crippen LogP contribution in [0.3, 0.4) is 0 Å². The molecule has 7 nitrogen and oxygen atoms in total. The third kappa shape index (κ3) is 4.78. The van der Waals surface area contributed by atoms with Crippen molar-refractivity contribution in [2.45, 2.75) is 64.6 Å². The van der Waals surface area contributed by atoms with Crippen molar-refractivity contribution in [3.05, 3.63) is 89.0 Å². The first kappa shape index (κ1) is 24.8. The SMILES string of the molecule is CC1Cc2cc(/C(O)=C3/C(=O)C(=O)N(CCCn4ccnc4)C3c3ccc(C(C)(C)C)cc3)ccc2O1. The Bertz CT molecular complexity index is 1350. The van der Waals surface area contributed by atoms with Gasteiger partial charge in [-0.2, -0.15) is 0 Å². The Hall–Kier alpha value is -3.87. The van der Waals surface area contributed by atoms with Crippen LogP contribution in [-0.2, 0) is 28.0 Å². The van der Waals surface area contributed by atoms with E-state index in [0.29, 0.717) is 25.1 Å². The molecule has 0 aliphatic carbocycles. The van der Waals surface area contributed by atoms with Crippen molar-refractivity contribution in [1.82, 2.24) is 14.5 Å². The monoisotopic (exact) mass is 499 g/mol. The molecule has 0 bridgehead atoms. The second-order valence-electron chi connectivity index (χ2n) is 11.0. The number of amides is 1. The highest BCUT2D eigenvalue weighted by atomic mass is 16.5. The molecule has 1 amide bonds. The van der Waals surface area contributed by atoms with Gasteiger partial charge < -0.3 is 19.3 Å². The van der Waals surface area contributed by atoms with Crippen molar-refractivity contribution in [3.63, 3.8) is 0 Å². The Morgan fingerprint density at radius 2 is 1.86 bits per heavy atom. The van der Waals surface area contributed by atoms with E-state index < -0.39 is 17.7 Å². The maximum absolute atomic E-state index is 13.4. The van der Waals surface area contributed by atoms with Gasteiger partial charge in [-0.1, -0.05) is 45.0 Å². The zero-order valence-electron chi connectivity index (χ0n) is 21.8. The summed E-state index contributed by atoms with van der Waals surface area (Å²) in [4.78, 5) is 32.3. The second-order valence-corrected chi connectivity index (χ2v) is 11.0. The number of ketones is 1. The van der Waals surface area contributed by atoms with Crippen LogP contribution in [0.2, 0.25) is 0 Å². The molecular weight excluding hydrogens is 466 g/mol. The predicted octanol–water partition coefficient (Wildman–Crippen LogP) is 5.02. The van der Waals surface area contributed by atoms with E-state index in [9.17, 15) is 14.7 Å². The van der Waals surface area contributed by atoms with Crippen molar-refractivity contribution in [3.8, 4) is 5.75 Å². The minimum absolute atomic E-state index is 0.0330. The number of aromatic nitrogens is 2. The van der Waals surface area contributed by atoms with E-state index in [1.165, 1.54) is 0 Å².